The van der Waals surface area contributed by atoms with E-state index in [0.29, 0.717) is 35.6 Å². The first kappa shape index (κ1) is 23.8. The van der Waals surface area contributed by atoms with Crippen molar-refractivity contribution < 1.29 is 14.7 Å². The molecular weight excluding hydrogens is 444 g/mol. The molecule has 0 spiro atoms. The summed E-state index contributed by atoms with van der Waals surface area (Å²) in [4.78, 5) is 25.4. The molecule has 6 rings (SSSR count). The molecule has 2 aromatic rings. The van der Waals surface area contributed by atoms with E-state index < -0.39 is 5.54 Å². The number of nitrogens with zero attached hydrogens (tertiary/aromatic N) is 4. The summed E-state index contributed by atoms with van der Waals surface area (Å²) in [6, 6.07) is 1.94. The highest BCUT2D eigenvalue weighted by atomic mass is 16.3. The van der Waals surface area contributed by atoms with Crippen molar-refractivity contribution in [2.24, 2.45) is 23.2 Å². The number of aromatic nitrogens is 4. The number of hydrogen-bond acceptors (Lipinski definition) is 5. The summed E-state index contributed by atoms with van der Waals surface area (Å²) in [7, 11) is 0. The third-order valence-corrected chi connectivity index (χ3v) is 8.18. The number of hydrogen-bond donors (Lipinski definition) is 3. The van der Waals surface area contributed by atoms with E-state index in [2.05, 4.69) is 20.8 Å². The van der Waals surface area contributed by atoms with E-state index in [-0.39, 0.29) is 29.9 Å². The lowest BCUT2D eigenvalue weighted by molar-refractivity contribution is -0.121. The minimum atomic E-state index is -0.577. The van der Waals surface area contributed by atoms with Crippen LogP contribution < -0.4 is 10.6 Å². The second kappa shape index (κ2) is 8.93. The lowest BCUT2D eigenvalue weighted by atomic mass is 9.48. The highest BCUT2D eigenvalue weighted by molar-refractivity contribution is 5.97. The summed E-state index contributed by atoms with van der Waals surface area (Å²) < 4.78 is 3.26. The van der Waals surface area contributed by atoms with Crippen molar-refractivity contribution in [2.75, 3.05) is 6.61 Å². The number of carbonyl (C=O) groups is 2. The minimum absolute atomic E-state index is 0.0360. The smallest absolute Gasteiger partial charge is 0.257 e. The predicted octanol–water partition coefficient (Wildman–Crippen LogP) is 2.76. The third-order valence-electron chi connectivity index (χ3n) is 8.18. The Balaban J connectivity index is 1.39. The van der Waals surface area contributed by atoms with Crippen molar-refractivity contribution in [2.45, 2.75) is 70.9 Å². The molecule has 0 radical (unpaired) electrons. The monoisotopic (exact) mass is 480 g/mol. The number of nitrogens with one attached hydrogen (secondary N) is 2. The molecule has 2 heterocycles. The zero-order chi connectivity index (χ0) is 24.8. The van der Waals surface area contributed by atoms with Gasteiger partial charge in [0.15, 0.2) is 5.82 Å². The van der Waals surface area contributed by atoms with Crippen molar-refractivity contribution >= 4 is 18.0 Å². The SMILES string of the molecule is CCC(=O)NC(C)(C)C=Cn1ncc(C(=O)NC2C3CC4CC2CC(CO)(C4)C3)c1-n1cccn1. The van der Waals surface area contributed by atoms with Gasteiger partial charge in [0.25, 0.3) is 5.91 Å². The topological polar surface area (TPSA) is 114 Å². The van der Waals surface area contributed by atoms with Crippen LogP contribution in [0, 0.1) is 23.2 Å². The molecule has 2 aromatic heterocycles. The van der Waals surface area contributed by atoms with Crippen molar-refractivity contribution in [3.8, 4) is 5.82 Å². The Morgan fingerprint density at radius 2 is 1.97 bits per heavy atom. The normalized spacial score (nSPS) is 29.6. The summed E-state index contributed by atoms with van der Waals surface area (Å²) in [5.41, 5.74) is -0.0566. The van der Waals surface area contributed by atoms with Gasteiger partial charge in [-0.25, -0.2) is 9.36 Å². The van der Waals surface area contributed by atoms with Crippen LogP contribution in [0.1, 0.15) is 69.7 Å². The molecule has 2 atom stereocenters. The number of amides is 2. The first-order valence-electron chi connectivity index (χ1n) is 12.7. The van der Waals surface area contributed by atoms with Gasteiger partial charge in [-0.05, 0) is 81.3 Å². The van der Waals surface area contributed by atoms with Crippen LogP contribution in [0.2, 0.25) is 0 Å². The fraction of sp³-hybridized carbons (Fsp3) is 0.615. The number of rotatable bonds is 8. The fourth-order valence-electron chi connectivity index (χ4n) is 6.84. The first-order valence-corrected chi connectivity index (χ1v) is 12.7. The molecule has 0 aromatic carbocycles. The average molecular weight is 481 g/mol. The molecule has 188 valence electrons. The van der Waals surface area contributed by atoms with Crippen molar-refractivity contribution in [3.05, 3.63) is 36.3 Å². The van der Waals surface area contributed by atoms with Crippen LogP contribution >= 0.6 is 0 Å². The molecular formula is C26H36N6O3. The van der Waals surface area contributed by atoms with Gasteiger partial charge in [-0.15, -0.1) is 0 Å². The second-order valence-corrected chi connectivity index (χ2v) is 11.3. The van der Waals surface area contributed by atoms with E-state index in [1.165, 1.54) is 0 Å². The zero-order valence-corrected chi connectivity index (χ0v) is 20.8. The van der Waals surface area contributed by atoms with Gasteiger partial charge in [0, 0.05) is 37.7 Å². The number of aliphatic hydroxyl groups excluding tert-OH is 1. The molecule has 4 aliphatic carbocycles. The van der Waals surface area contributed by atoms with E-state index in [4.69, 9.17) is 0 Å². The van der Waals surface area contributed by atoms with Crippen LogP contribution in [0.25, 0.3) is 12.0 Å². The standard InChI is InChI=1S/C26H36N6O3/c1-4-21(34)30-25(2,3)6-9-32-24(31-8-5-7-27-31)20(15-28-32)23(35)29-22-18-10-17-11-19(22)14-26(12-17,13-18)16-33/h5-9,15,17-19,22,33H,4,10-14,16H2,1-3H3,(H,29,35)(H,30,34). The Hall–Kier alpha value is -2.94. The summed E-state index contributed by atoms with van der Waals surface area (Å²) in [6.45, 7) is 5.89. The maximum Gasteiger partial charge on any atom is 0.257 e. The van der Waals surface area contributed by atoms with Gasteiger partial charge in [0.05, 0.1) is 11.7 Å². The third kappa shape index (κ3) is 4.53. The van der Waals surface area contributed by atoms with E-state index in [0.717, 1.165) is 32.1 Å². The van der Waals surface area contributed by atoms with Gasteiger partial charge in [0.2, 0.25) is 5.91 Å². The van der Waals surface area contributed by atoms with Crippen LogP contribution in [0.5, 0.6) is 0 Å². The molecule has 9 heteroatoms. The largest absolute Gasteiger partial charge is 0.396 e. The predicted molar refractivity (Wildman–Crippen MR) is 132 cm³/mol. The van der Waals surface area contributed by atoms with Crippen molar-refractivity contribution in [3.63, 3.8) is 0 Å². The molecule has 9 nitrogen and oxygen atoms in total. The fourth-order valence-corrected chi connectivity index (χ4v) is 6.84. The van der Waals surface area contributed by atoms with Gasteiger partial charge >= 0.3 is 0 Å². The maximum atomic E-state index is 13.6. The molecule has 4 fully saturated rings. The van der Waals surface area contributed by atoms with Gasteiger partial charge in [-0.1, -0.05) is 6.92 Å². The molecule has 2 amide bonds. The van der Waals surface area contributed by atoms with E-state index >= 15 is 0 Å². The minimum Gasteiger partial charge on any atom is -0.396 e. The van der Waals surface area contributed by atoms with Crippen molar-refractivity contribution in [1.82, 2.24) is 30.2 Å². The highest BCUT2D eigenvalue weighted by Gasteiger charge is 2.55. The molecule has 4 bridgehead atoms. The molecule has 4 aliphatic rings. The number of aliphatic hydroxyl groups is 1. The lowest BCUT2D eigenvalue weighted by Crippen LogP contribution is -2.60. The lowest BCUT2D eigenvalue weighted by Gasteiger charge is -2.59. The van der Waals surface area contributed by atoms with Crippen LogP contribution in [-0.4, -0.2) is 54.7 Å². The van der Waals surface area contributed by atoms with Gasteiger partial charge in [-0.2, -0.15) is 10.2 Å². The van der Waals surface area contributed by atoms with Gasteiger partial charge in [-0.3, -0.25) is 9.59 Å². The van der Waals surface area contributed by atoms with Crippen LogP contribution in [0.15, 0.2) is 30.7 Å². The van der Waals surface area contributed by atoms with Gasteiger partial charge in [0.1, 0.15) is 5.56 Å². The Morgan fingerprint density at radius 1 is 1.23 bits per heavy atom. The molecule has 2 unspecified atom stereocenters. The second-order valence-electron chi connectivity index (χ2n) is 11.3. The molecule has 0 aliphatic heterocycles. The molecule has 3 N–H and O–H groups in total. The molecule has 0 saturated heterocycles. The summed E-state index contributed by atoms with van der Waals surface area (Å²) in [5.74, 6) is 1.89. The quantitative estimate of drug-likeness (QED) is 0.538. The van der Waals surface area contributed by atoms with Crippen LogP contribution in [0.3, 0.4) is 0 Å². The highest BCUT2D eigenvalue weighted by Crippen LogP contribution is 2.59. The number of carbonyl (C=O) groups excluding carboxylic acids is 2. The van der Waals surface area contributed by atoms with E-state index in [9.17, 15) is 14.7 Å². The van der Waals surface area contributed by atoms with Crippen LogP contribution in [0.4, 0.5) is 0 Å². The molecule has 35 heavy (non-hydrogen) atoms. The Bertz CT molecular complexity index is 1100. The molecule has 4 saturated carbocycles. The zero-order valence-electron chi connectivity index (χ0n) is 20.8. The Morgan fingerprint density at radius 3 is 2.60 bits per heavy atom. The van der Waals surface area contributed by atoms with Crippen LogP contribution in [-0.2, 0) is 4.79 Å². The first-order chi connectivity index (χ1) is 16.7. The van der Waals surface area contributed by atoms with E-state index in [1.54, 1.807) is 40.2 Å². The Labute approximate surface area is 206 Å². The maximum absolute atomic E-state index is 13.6. The van der Waals surface area contributed by atoms with Gasteiger partial charge < -0.3 is 15.7 Å². The Kier molecular flexibility index (Phi) is 6.07. The summed E-state index contributed by atoms with van der Waals surface area (Å²) >= 11 is 0. The summed E-state index contributed by atoms with van der Waals surface area (Å²) in [5, 5.41) is 25.2. The van der Waals surface area contributed by atoms with E-state index in [1.807, 2.05) is 26.8 Å². The summed E-state index contributed by atoms with van der Waals surface area (Å²) in [6.07, 6.45) is 14.5. The average Bonchev–Trinajstić information content (AvgIpc) is 3.49. The van der Waals surface area contributed by atoms with Crippen molar-refractivity contribution in [1.29, 1.82) is 0 Å².